The first-order chi connectivity index (χ1) is 8.56. The van der Waals surface area contributed by atoms with Gasteiger partial charge in [-0.1, -0.05) is 73.2 Å². The summed E-state index contributed by atoms with van der Waals surface area (Å²) in [5.74, 6) is -1.67. The van der Waals surface area contributed by atoms with Crippen LogP contribution in [0.5, 0.6) is 0 Å². The predicted octanol–water partition coefficient (Wildman–Crippen LogP) is 3.23. The fourth-order valence-corrected chi connectivity index (χ4v) is 1.44. The van der Waals surface area contributed by atoms with E-state index in [2.05, 4.69) is 19.1 Å². The number of benzene rings is 2. The molecular weight excluding hydrogens is 224 g/mol. The van der Waals surface area contributed by atoms with Crippen molar-refractivity contribution in [2.75, 3.05) is 0 Å². The Balaban J connectivity index is 0.000000199. The van der Waals surface area contributed by atoms with Crippen LogP contribution in [0.2, 0.25) is 0 Å². The van der Waals surface area contributed by atoms with Crippen LogP contribution in [0.4, 0.5) is 0 Å². The Bertz CT molecular complexity index is 435. The van der Waals surface area contributed by atoms with Crippen molar-refractivity contribution in [3.8, 4) is 0 Å². The summed E-state index contributed by atoms with van der Waals surface area (Å²) in [5.41, 5.74) is 1.87. The van der Waals surface area contributed by atoms with Crippen LogP contribution in [0.15, 0.2) is 60.7 Å². The Morgan fingerprint density at radius 3 is 1.61 bits per heavy atom. The van der Waals surface area contributed by atoms with Gasteiger partial charge in [-0.15, -0.1) is 0 Å². The molecule has 0 bridgehead atoms. The lowest BCUT2D eigenvalue weighted by atomic mass is 10.0. The first kappa shape index (κ1) is 14.4. The Kier molecular flexibility index (Phi) is 5.56. The van der Waals surface area contributed by atoms with E-state index in [0.29, 0.717) is 12.0 Å². The van der Waals surface area contributed by atoms with E-state index in [1.807, 2.05) is 24.3 Å². The van der Waals surface area contributed by atoms with Crippen molar-refractivity contribution in [2.45, 2.75) is 26.1 Å². The number of aryl methyl sites for hydroxylation is 1. The monoisotopic (exact) mass is 244 g/mol. The molecule has 2 N–H and O–H groups in total. The third-order valence-electron chi connectivity index (χ3n) is 2.67. The Morgan fingerprint density at radius 1 is 0.833 bits per heavy atom. The molecule has 0 heterocycles. The molecule has 2 nitrogen and oxygen atoms in total. The molecule has 0 saturated carbocycles. The van der Waals surface area contributed by atoms with Crippen LogP contribution < -0.4 is 0 Å². The molecule has 18 heavy (non-hydrogen) atoms. The number of rotatable bonds is 2. The van der Waals surface area contributed by atoms with Gasteiger partial charge in [0.15, 0.2) is 5.79 Å². The van der Waals surface area contributed by atoms with Crippen LogP contribution in [0.25, 0.3) is 0 Å². The molecule has 0 radical (unpaired) electrons. The minimum Gasteiger partial charge on any atom is -0.362 e. The van der Waals surface area contributed by atoms with Crippen molar-refractivity contribution in [3.05, 3.63) is 71.8 Å². The standard InChI is InChI=1S/C9H12O2.C7H8/c1-2-9(10,11)8-6-4-3-5-7-8;1-7-5-3-2-4-6-7/h3-7,10-11H,2H2,1H3;2-6H,1H3. The van der Waals surface area contributed by atoms with Crippen LogP contribution in [0.3, 0.4) is 0 Å². The number of hydrogen-bond acceptors (Lipinski definition) is 2. The molecule has 0 atom stereocenters. The summed E-state index contributed by atoms with van der Waals surface area (Å²) in [6.45, 7) is 3.81. The van der Waals surface area contributed by atoms with Gasteiger partial charge in [0.25, 0.3) is 0 Å². The van der Waals surface area contributed by atoms with E-state index in [-0.39, 0.29) is 0 Å². The summed E-state index contributed by atoms with van der Waals surface area (Å²) in [4.78, 5) is 0. The Labute approximate surface area is 109 Å². The highest BCUT2D eigenvalue weighted by Crippen LogP contribution is 2.20. The summed E-state index contributed by atoms with van der Waals surface area (Å²) in [5, 5.41) is 18.7. The SMILES string of the molecule is CCC(O)(O)c1ccccc1.Cc1ccccc1. The minimum absolute atomic E-state index is 0.303. The molecule has 0 saturated heterocycles. The van der Waals surface area contributed by atoms with Gasteiger partial charge in [0.1, 0.15) is 0 Å². The molecule has 2 aromatic carbocycles. The normalized spacial score (nSPS) is 10.4. The van der Waals surface area contributed by atoms with Crippen LogP contribution in [0.1, 0.15) is 24.5 Å². The van der Waals surface area contributed by atoms with Crippen molar-refractivity contribution in [2.24, 2.45) is 0 Å². The van der Waals surface area contributed by atoms with E-state index < -0.39 is 5.79 Å². The molecule has 0 fully saturated rings. The predicted molar refractivity (Wildman–Crippen MR) is 74.0 cm³/mol. The van der Waals surface area contributed by atoms with Gasteiger partial charge in [-0.05, 0) is 6.92 Å². The zero-order valence-corrected chi connectivity index (χ0v) is 10.9. The van der Waals surface area contributed by atoms with Gasteiger partial charge in [0, 0.05) is 12.0 Å². The minimum atomic E-state index is -1.67. The highest BCUT2D eigenvalue weighted by atomic mass is 16.5. The molecule has 0 unspecified atom stereocenters. The van der Waals surface area contributed by atoms with Crippen molar-refractivity contribution in [1.82, 2.24) is 0 Å². The first-order valence-electron chi connectivity index (χ1n) is 6.08. The van der Waals surface area contributed by atoms with E-state index in [9.17, 15) is 10.2 Å². The van der Waals surface area contributed by atoms with Gasteiger partial charge in [0.05, 0.1) is 0 Å². The zero-order valence-electron chi connectivity index (χ0n) is 10.9. The van der Waals surface area contributed by atoms with Gasteiger partial charge in [-0.3, -0.25) is 0 Å². The van der Waals surface area contributed by atoms with Crippen LogP contribution in [-0.2, 0) is 5.79 Å². The largest absolute Gasteiger partial charge is 0.362 e. The topological polar surface area (TPSA) is 40.5 Å². The maximum atomic E-state index is 9.35. The number of aliphatic hydroxyl groups is 2. The third-order valence-corrected chi connectivity index (χ3v) is 2.67. The van der Waals surface area contributed by atoms with Crippen LogP contribution in [0, 0.1) is 6.92 Å². The van der Waals surface area contributed by atoms with Crippen LogP contribution >= 0.6 is 0 Å². The molecule has 0 spiro atoms. The second-order valence-electron chi connectivity index (χ2n) is 4.19. The van der Waals surface area contributed by atoms with Gasteiger partial charge >= 0.3 is 0 Å². The maximum absolute atomic E-state index is 9.35. The molecule has 0 amide bonds. The van der Waals surface area contributed by atoms with E-state index in [1.54, 1.807) is 31.2 Å². The van der Waals surface area contributed by atoms with Gasteiger partial charge in [-0.25, -0.2) is 0 Å². The van der Waals surface area contributed by atoms with Crippen molar-refractivity contribution in [1.29, 1.82) is 0 Å². The van der Waals surface area contributed by atoms with Crippen molar-refractivity contribution < 1.29 is 10.2 Å². The van der Waals surface area contributed by atoms with Crippen molar-refractivity contribution in [3.63, 3.8) is 0 Å². The second-order valence-corrected chi connectivity index (χ2v) is 4.19. The zero-order chi connectivity index (χ0) is 13.4. The quantitative estimate of drug-likeness (QED) is 0.796. The lowest BCUT2D eigenvalue weighted by molar-refractivity contribution is -0.171. The van der Waals surface area contributed by atoms with Gasteiger partial charge in [-0.2, -0.15) is 0 Å². The fourth-order valence-electron chi connectivity index (χ4n) is 1.44. The summed E-state index contributed by atoms with van der Waals surface area (Å²) < 4.78 is 0. The Morgan fingerprint density at radius 2 is 1.28 bits per heavy atom. The fraction of sp³-hybridized carbons (Fsp3) is 0.250. The molecule has 2 aromatic rings. The second kappa shape index (κ2) is 6.94. The third kappa shape index (κ3) is 4.70. The van der Waals surface area contributed by atoms with Gasteiger partial charge < -0.3 is 10.2 Å². The average Bonchev–Trinajstić information content (AvgIpc) is 2.41. The van der Waals surface area contributed by atoms with Gasteiger partial charge in [0.2, 0.25) is 0 Å². The summed E-state index contributed by atoms with van der Waals surface area (Å²) in [6, 6.07) is 19.1. The molecule has 96 valence electrons. The molecule has 0 aliphatic carbocycles. The lowest BCUT2D eigenvalue weighted by Gasteiger charge is -2.19. The average molecular weight is 244 g/mol. The molecule has 0 aliphatic rings. The molecule has 0 aromatic heterocycles. The molecular formula is C16H20O2. The van der Waals surface area contributed by atoms with E-state index >= 15 is 0 Å². The van der Waals surface area contributed by atoms with Crippen LogP contribution in [-0.4, -0.2) is 10.2 Å². The molecule has 2 rings (SSSR count). The summed E-state index contributed by atoms with van der Waals surface area (Å²) >= 11 is 0. The highest BCUT2D eigenvalue weighted by molar-refractivity contribution is 5.19. The molecule has 0 aliphatic heterocycles. The summed E-state index contributed by atoms with van der Waals surface area (Å²) in [7, 11) is 0. The smallest absolute Gasteiger partial charge is 0.189 e. The highest BCUT2D eigenvalue weighted by Gasteiger charge is 2.21. The Hall–Kier alpha value is -1.64. The number of hydrogen-bond donors (Lipinski definition) is 2. The van der Waals surface area contributed by atoms with E-state index in [4.69, 9.17) is 0 Å². The van der Waals surface area contributed by atoms with E-state index in [0.717, 1.165) is 0 Å². The molecule has 2 heteroatoms. The first-order valence-corrected chi connectivity index (χ1v) is 6.08. The maximum Gasteiger partial charge on any atom is 0.189 e. The van der Waals surface area contributed by atoms with E-state index in [1.165, 1.54) is 5.56 Å². The lowest BCUT2D eigenvalue weighted by Crippen LogP contribution is -2.23. The summed E-state index contributed by atoms with van der Waals surface area (Å²) in [6.07, 6.45) is 0.303. The van der Waals surface area contributed by atoms with Crippen molar-refractivity contribution >= 4 is 0 Å².